The number of amides is 1. The third-order valence-electron chi connectivity index (χ3n) is 7.83. The van der Waals surface area contributed by atoms with Crippen molar-refractivity contribution in [3.8, 4) is 17.3 Å². The molecule has 0 aliphatic carbocycles. The van der Waals surface area contributed by atoms with Crippen LogP contribution in [0.25, 0.3) is 21.5 Å². The van der Waals surface area contributed by atoms with Gasteiger partial charge in [0.25, 0.3) is 5.95 Å². The van der Waals surface area contributed by atoms with Crippen LogP contribution in [0.15, 0.2) is 33.8 Å². The molecule has 0 bridgehead atoms. The van der Waals surface area contributed by atoms with E-state index in [1.165, 1.54) is 15.6 Å². The summed E-state index contributed by atoms with van der Waals surface area (Å²) in [6.07, 6.45) is 10.5. The zero-order valence-corrected chi connectivity index (χ0v) is 25.7. The lowest BCUT2D eigenvalue weighted by Gasteiger charge is -2.47. The second-order valence-corrected chi connectivity index (χ2v) is 14.2. The molecule has 5 heterocycles. The number of nitriles is 1. The topological polar surface area (TPSA) is 150 Å². The van der Waals surface area contributed by atoms with E-state index in [0.29, 0.717) is 18.1 Å². The lowest BCUT2D eigenvalue weighted by atomic mass is 9.89. The molecule has 0 aromatic carbocycles. The van der Waals surface area contributed by atoms with Crippen molar-refractivity contribution in [3.05, 3.63) is 23.8 Å². The smallest absolute Gasteiger partial charge is 0.250 e. The minimum atomic E-state index is -3.34. The summed E-state index contributed by atoms with van der Waals surface area (Å²) in [4.78, 5) is 32.3. The lowest BCUT2D eigenvalue weighted by Crippen LogP contribution is -2.64. The minimum absolute atomic E-state index is 0.0210. The van der Waals surface area contributed by atoms with Crippen molar-refractivity contribution in [1.29, 1.82) is 5.26 Å². The standard InChI is InChI=1S/C28H35N9O3S2/c1-4-42(39,40)36-18-28(19-36,12-13-29)37-17-20(15-31-37)25-26-23(11-14-41-26)33-27(34-25)32-22-10-9-21(30-16-22)7-5-6-8-24(38)35(2)3/h11,14-17,21H,4-10,12,18-19H2,1-3H3. The summed E-state index contributed by atoms with van der Waals surface area (Å²) >= 11 is 1.53. The first kappa shape index (κ1) is 29.9. The average Bonchev–Trinajstić information content (AvgIpc) is 3.63. The first-order chi connectivity index (χ1) is 20.1. The van der Waals surface area contributed by atoms with Gasteiger partial charge in [0.05, 0.1) is 52.1 Å². The van der Waals surface area contributed by atoms with Crippen LogP contribution >= 0.6 is 11.3 Å². The van der Waals surface area contributed by atoms with Crippen molar-refractivity contribution >= 4 is 55.4 Å². The van der Waals surface area contributed by atoms with E-state index in [1.807, 2.05) is 23.9 Å². The van der Waals surface area contributed by atoms with Crippen molar-refractivity contribution < 1.29 is 13.2 Å². The number of carbonyl (C=O) groups excluding carboxylic acids is 1. The Kier molecular flexibility index (Phi) is 8.81. The molecule has 14 heteroatoms. The summed E-state index contributed by atoms with van der Waals surface area (Å²) in [6, 6.07) is 4.37. The maximum atomic E-state index is 12.3. The van der Waals surface area contributed by atoms with Crippen molar-refractivity contribution in [2.45, 2.75) is 63.5 Å². The van der Waals surface area contributed by atoms with Crippen LogP contribution in [0.4, 0.5) is 5.95 Å². The lowest BCUT2D eigenvalue weighted by molar-refractivity contribution is -0.128. The molecule has 0 saturated carbocycles. The van der Waals surface area contributed by atoms with Gasteiger partial charge in [0.15, 0.2) is 0 Å². The number of aromatic nitrogens is 4. The van der Waals surface area contributed by atoms with E-state index < -0.39 is 15.6 Å². The predicted octanol–water partition coefficient (Wildman–Crippen LogP) is 3.78. The van der Waals surface area contributed by atoms with E-state index in [0.717, 1.165) is 53.6 Å². The van der Waals surface area contributed by atoms with Crippen molar-refractivity contribution in [1.82, 2.24) is 29.0 Å². The van der Waals surface area contributed by atoms with Crippen LogP contribution in [-0.4, -0.2) is 94.2 Å². The third-order valence-corrected chi connectivity index (χ3v) is 10.5. The summed E-state index contributed by atoms with van der Waals surface area (Å²) in [7, 11) is 0.225. The Morgan fingerprint density at radius 1 is 1.29 bits per heavy atom. The van der Waals surface area contributed by atoms with Crippen LogP contribution in [0, 0.1) is 11.3 Å². The van der Waals surface area contributed by atoms with Gasteiger partial charge in [-0.3, -0.25) is 14.5 Å². The van der Waals surface area contributed by atoms with E-state index in [-0.39, 0.29) is 37.2 Å². The number of nitrogens with zero attached hydrogens (tertiary/aromatic N) is 9. The first-order valence-corrected chi connectivity index (χ1v) is 16.6. The molecule has 1 saturated heterocycles. The molecule has 0 radical (unpaired) electrons. The van der Waals surface area contributed by atoms with Gasteiger partial charge >= 0.3 is 0 Å². The summed E-state index contributed by atoms with van der Waals surface area (Å²) < 4.78 is 28.7. The van der Waals surface area contributed by atoms with Crippen LogP contribution in [0.1, 0.15) is 51.9 Å². The first-order valence-electron chi connectivity index (χ1n) is 14.1. The Balaban J connectivity index is 1.32. The highest BCUT2D eigenvalue weighted by Crippen LogP contribution is 2.37. The van der Waals surface area contributed by atoms with Crippen LogP contribution in [0.3, 0.4) is 0 Å². The van der Waals surface area contributed by atoms with Gasteiger partial charge in [-0.05, 0) is 44.1 Å². The number of carbonyl (C=O) groups is 1. The molecule has 0 spiro atoms. The van der Waals surface area contributed by atoms with Gasteiger partial charge < -0.3 is 4.90 Å². The molecule has 1 atom stereocenters. The highest BCUT2D eigenvalue weighted by molar-refractivity contribution is 7.89. The third kappa shape index (κ3) is 6.28. The summed E-state index contributed by atoms with van der Waals surface area (Å²) in [6.45, 7) is 2.04. The molecule has 3 aromatic rings. The monoisotopic (exact) mass is 609 g/mol. The minimum Gasteiger partial charge on any atom is -0.349 e. The summed E-state index contributed by atoms with van der Waals surface area (Å²) in [5.41, 5.74) is 2.35. The van der Waals surface area contributed by atoms with Gasteiger partial charge in [0, 0.05) is 51.6 Å². The Morgan fingerprint density at radius 2 is 2.10 bits per heavy atom. The number of hydrogen-bond acceptors (Lipinski definition) is 10. The van der Waals surface area contributed by atoms with E-state index in [9.17, 15) is 18.5 Å². The molecule has 12 nitrogen and oxygen atoms in total. The Morgan fingerprint density at radius 3 is 2.79 bits per heavy atom. The van der Waals surface area contributed by atoms with Crippen molar-refractivity contribution in [2.24, 2.45) is 9.98 Å². The molecule has 0 N–H and O–H groups in total. The van der Waals surface area contributed by atoms with Crippen LogP contribution < -0.4 is 0 Å². The fraction of sp³-hybridized carbons (Fsp3) is 0.536. The average molecular weight is 610 g/mol. The Bertz CT molecular complexity index is 1660. The van der Waals surface area contributed by atoms with Crippen LogP contribution in [0.2, 0.25) is 0 Å². The van der Waals surface area contributed by atoms with E-state index >= 15 is 0 Å². The molecule has 5 rings (SSSR count). The number of sulfonamides is 1. The van der Waals surface area contributed by atoms with Crippen LogP contribution in [-0.2, 0) is 20.4 Å². The Labute approximate surface area is 249 Å². The number of unbranched alkanes of at least 4 members (excludes halogenated alkanes) is 1. The van der Waals surface area contributed by atoms with Gasteiger partial charge in [-0.1, -0.05) is 6.42 Å². The maximum absolute atomic E-state index is 12.3. The number of aliphatic imine (C=N–C) groups is 2. The number of rotatable bonds is 11. The molecule has 1 unspecified atom stereocenters. The summed E-state index contributed by atoms with van der Waals surface area (Å²) in [5, 5.41) is 16.0. The molecule has 2 aliphatic heterocycles. The maximum Gasteiger partial charge on any atom is 0.250 e. The number of thiophene rings is 1. The van der Waals surface area contributed by atoms with E-state index in [2.05, 4.69) is 16.2 Å². The molecular weight excluding hydrogens is 575 g/mol. The zero-order valence-electron chi connectivity index (χ0n) is 24.1. The second-order valence-electron chi connectivity index (χ2n) is 11.0. The van der Waals surface area contributed by atoms with E-state index in [1.54, 1.807) is 36.8 Å². The normalized spacial score (nSPS) is 19.6. The molecule has 2 aliphatic rings. The van der Waals surface area contributed by atoms with Crippen LogP contribution in [0.5, 0.6) is 0 Å². The Hall–Kier alpha value is -3.54. The second kappa shape index (κ2) is 12.4. The van der Waals surface area contributed by atoms with Gasteiger partial charge in [-0.15, -0.1) is 11.3 Å². The number of hydrogen-bond donors (Lipinski definition) is 0. The largest absolute Gasteiger partial charge is 0.349 e. The molecule has 42 heavy (non-hydrogen) atoms. The van der Waals surface area contributed by atoms with Gasteiger partial charge in [-0.25, -0.2) is 23.4 Å². The van der Waals surface area contributed by atoms with Crippen molar-refractivity contribution in [3.63, 3.8) is 0 Å². The number of fused-ring (bicyclic) bond motifs is 1. The van der Waals surface area contributed by atoms with Crippen molar-refractivity contribution in [2.75, 3.05) is 32.9 Å². The fourth-order valence-corrected chi connectivity index (χ4v) is 7.31. The SMILES string of the molecule is CCS(=O)(=O)N1CC(CC#N)(n2cc(-c3nc(N=C4C=NC(CCCCC(=O)N(C)C)CC4)nc4ccsc34)cn2)C1. The molecular formula is C28H35N9O3S2. The predicted molar refractivity (Wildman–Crippen MR) is 164 cm³/mol. The van der Waals surface area contributed by atoms with Gasteiger partial charge in [0.2, 0.25) is 15.9 Å². The molecule has 1 amide bonds. The fourth-order valence-electron chi connectivity index (χ4n) is 5.23. The van der Waals surface area contributed by atoms with Gasteiger partial charge in [-0.2, -0.15) is 14.7 Å². The highest BCUT2D eigenvalue weighted by Gasteiger charge is 2.49. The molecule has 1 fully saturated rings. The summed E-state index contributed by atoms with van der Waals surface area (Å²) in [5.74, 6) is 0.527. The highest BCUT2D eigenvalue weighted by atomic mass is 32.2. The molecule has 3 aromatic heterocycles. The zero-order chi connectivity index (χ0) is 29.9. The van der Waals surface area contributed by atoms with Gasteiger partial charge in [0.1, 0.15) is 5.54 Å². The quantitative estimate of drug-likeness (QED) is 0.300. The molecule has 222 valence electrons. The van der Waals surface area contributed by atoms with E-state index in [4.69, 9.17) is 15.0 Å².